The van der Waals surface area contributed by atoms with E-state index in [2.05, 4.69) is 5.32 Å². The van der Waals surface area contributed by atoms with Crippen LogP contribution >= 0.6 is 0 Å². The molecule has 0 aromatic heterocycles. The van der Waals surface area contributed by atoms with Crippen molar-refractivity contribution >= 4 is 23.2 Å². The minimum Gasteiger partial charge on any atom is -0.378 e. The molecule has 0 radical (unpaired) electrons. The first-order valence-electron chi connectivity index (χ1n) is 7.32. The fourth-order valence-electron chi connectivity index (χ4n) is 2.34. The van der Waals surface area contributed by atoms with Crippen LogP contribution < -0.4 is 10.2 Å². The largest absolute Gasteiger partial charge is 0.378 e. The van der Waals surface area contributed by atoms with Gasteiger partial charge in [-0.2, -0.15) is 0 Å². The lowest BCUT2D eigenvalue weighted by atomic mass is 10.1. The highest BCUT2D eigenvalue weighted by Gasteiger charge is 2.16. The minimum absolute atomic E-state index is 0.00169. The Kier molecular flexibility index (Phi) is 5.33. The van der Waals surface area contributed by atoms with Crippen LogP contribution in [0.15, 0.2) is 24.3 Å². The summed E-state index contributed by atoms with van der Waals surface area (Å²) in [5.74, 6) is -0.0264. The van der Waals surface area contributed by atoms with E-state index in [1.807, 2.05) is 12.1 Å². The molecule has 1 N–H and O–H groups in total. The Morgan fingerprint density at radius 1 is 1.33 bits per heavy atom. The van der Waals surface area contributed by atoms with Crippen LogP contribution in [-0.2, 0) is 14.3 Å². The number of ether oxygens (including phenoxy) is 1. The summed E-state index contributed by atoms with van der Waals surface area (Å²) in [5, 5.41) is 2.86. The number of nitrogens with zero attached hydrogens (tertiary/aromatic N) is 1. The number of carbonyl (C=O) groups is 2. The Hall–Kier alpha value is -1.88. The van der Waals surface area contributed by atoms with Gasteiger partial charge >= 0.3 is 0 Å². The van der Waals surface area contributed by atoms with Crippen molar-refractivity contribution < 1.29 is 14.3 Å². The van der Waals surface area contributed by atoms with Gasteiger partial charge in [0.2, 0.25) is 11.8 Å². The van der Waals surface area contributed by atoms with E-state index in [1.54, 1.807) is 24.1 Å². The van der Waals surface area contributed by atoms with Crippen LogP contribution in [0.3, 0.4) is 0 Å². The molecule has 1 heterocycles. The van der Waals surface area contributed by atoms with Gasteiger partial charge in [0.25, 0.3) is 0 Å². The third-order valence-corrected chi connectivity index (χ3v) is 3.73. The Labute approximate surface area is 125 Å². The molecule has 0 bridgehead atoms. The van der Waals surface area contributed by atoms with Crippen LogP contribution in [0, 0.1) is 0 Å². The highest BCUT2D eigenvalue weighted by Crippen LogP contribution is 2.19. The smallest absolute Gasteiger partial charge is 0.224 e. The van der Waals surface area contributed by atoms with E-state index in [-0.39, 0.29) is 17.9 Å². The van der Waals surface area contributed by atoms with Crippen molar-refractivity contribution in [3.8, 4) is 0 Å². The van der Waals surface area contributed by atoms with Crippen molar-refractivity contribution in [2.24, 2.45) is 0 Å². The number of nitrogens with one attached hydrogen (secondary N) is 1. The zero-order chi connectivity index (χ0) is 15.2. The van der Waals surface area contributed by atoms with Crippen LogP contribution in [0.4, 0.5) is 11.4 Å². The first-order valence-corrected chi connectivity index (χ1v) is 7.32. The molecule has 1 aliphatic rings. The molecule has 1 fully saturated rings. The molecular formula is C16H22N2O3. The van der Waals surface area contributed by atoms with Gasteiger partial charge in [-0.25, -0.2) is 0 Å². The van der Waals surface area contributed by atoms with Crippen molar-refractivity contribution in [1.29, 1.82) is 0 Å². The zero-order valence-corrected chi connectivity index (χ0v) is 12.6. The second kappa shape index (κ2) is 7.22. The van der Waals surface area contributed by atoms with Crippen molar-refractivity contribution in [3.05, 3.63) is 24.3 Å². The number of hydrogen-bond acceptors (Lipinski definition) is 3. The van der Waals surface area contributed by atoms with Gasteiger partial charge in [0.15, 0.2) is 0 Å². The quantitative estimate of drug-likeness (QED) is 0.906. The molecule has 0 aliphatic carbocycles. The predicted octanol–water partition coefficient (Wildman–Crippen LogP) is 2.57. The van der Waals surface area contributed by atoms with Crippen molar-refractivity contribution in [3.63, 3.8) is 0 Å². The Balaban J connectivity index is 1.82. The number of anilines is 2. The van der Waals surface area contributed by atoms with Gasteiger partial charge in [0, 0.05) is 38.4 Å². The average molecular weight is 290 g/mol. The molecule has 5 nitrogen and oxygen atoms in total. The monoisotopic (exact) mass is 290 g/mol. The first kappa shape index (κ1) is 15.5. The van der Waals surface area contributed by atoms with Crippen molar-refractivity contribution in [1.82, 2.24) is 0 Å². The Bertz CT molecular complexity index is 493. The normalized spacial score (nSPS) is 17.5. The molecule has 1 unspecified atom stereocenters. The Morgan fingerprint density at radius 2 is 2.05 bits per heavy atom. The van der Waals surface area contributed by atoms with Crippen LogP contribution in [0.25, 0.3) is 0 Å². The molecule has 0 saturated carbocycles. The second-order valence-corrected chi connectivity index (χ2v) is 5.35. The molecule has 21 heavy (non-hydrogen) atoms. The second-order valence-electron chi connectivity index (χ2n) is 5.35. The van der Waals surface area contributed by atoms with Crippen LogP contribution in [0.2, 0.25) is 0 Å². The molecule has 0 spiro atoms. The van der Waals surface area contributed by atoms with E-state index in [9.17, 15) is 9.59 Å². The van der Waals surface area contributed by atoms with E-state index in [1.165, 1.54) is 6.92 Å². The summed E-state index contributed by atoms with van der Waals surface area (Å²) in [6.45, 7) is 2.33. The van der Waals surface area contributed by atoms with E-state index in [0.29, 0.717) is 6.42 Å². The zero-order valence-electron chi connectivity index (χ0n) is 12.6. The van der Waals surface area contributed by atoms with Crippen LogP contribution in [0.5, 0.6) is 0 Å². The maximum atomic E-state index is 11.9. The van der Waals surface area contributed by atoms with Gasteiger partial charge in [-0.05, 0) is 43.5 Å². The number of rotatable bonds is 5. The van der Waals surface area contributed by atoms with Gasteiger partial charge in [-0.15, -0.1) is 0 Å². The lowest BCUT2D eigenvalue weighted by Crippen LogP contribution is -2.22. The van der Waals surface area contributed by atoms with Gasteiger partial charge in [-0.1, -0.05) is 0 Å². The molecule has 1 atom stereocenters. The maximum absolute atomic E-state index is 11.9. The van der Waals surface area contributed by atoms with Crippen LogP contribution in [-0.4, -0.2) is 31.6 Å². The lowest BCUT2D eigenvalue weighted by molar-refractivity contribution is -0.117. The van der Waals surface area contributed by atoms with E-state index in [0.717, 1.165) is 37.2 Å². The molecule has 1 aromatic carbocycles. The van der Waals surface area contributed by atoms with E-state index >= 15 is 0 Å². The summed E-state index contributed by atoms with van der Waals surface area (Å²) in [5.41, 5.74) is 1.55. The molecule has 1 saturated heterocycles. The molecule has 1 aliphatic heterocycles. The summed E-state index contributed by atoms with van der Waals surface area (Å²) in [6, 6.07) is 7.24. The van der Waals surface area contributed by atoms with Gasteiger partial charge < -0.3 is 15.0 Å². The highest BCUT2D eigenvalue weighted by atomic mass is 16.5. The highest BCUT2D eigenvalue weighted by molar-refractivity contribution is 5.93. The number of hydrogen-bond donors (Lipinski definition) is 1. The first-order chi connectivity index (χ1) is 10.1. The molecule has 114 valence electrons. The summed E-state index contributed by atoms with van der Waals surface area (Å²) in [4.78, 5) is 24.7. The molecule has 2 amide bonds. The van der Waals surface area contributed by atoms with Crippen molar-refractivity contribution in [2.45, 2.75) is 38.7 Å². The van der Waals surface area contributed by atoms with E-state index in [4.69, 9.17) is 4.74 Å². The standard InChI is InChI=1S/C16H22N2O3/c1-12(19)18(2)14-7-5-13(6-8-14)17-16(20)10-9-15-4-3-11-21-15/h5-8,15H,3-4,9-11H2,1-2H3,(H,17,20). The minimum atomic E-state index is -0.0247. The third-order valence-electron chi connectivity index (χ3n) is 3.73. The fourth-order valence-corrected chi connectivity index (χ4v) is 2.34. The van der Waals surface area contributed by atoms with E-state index < -0.39 is 0 Å². The summed E-state index contributed by atoms with van der Waals surface area (Å²) in [6.07, 6.45) is 3.63. The molecule has 5 heteroatoms. The summed E-state index contributed by atoms with van der Waals surface area (Å²) in [7, 11) is 1.72. The van der Waals surface area contributed by atoms with Gasteiger partial charge in [-0.3, -0.25) is 9.59 Å². The van der Waals surface area contributed by atoms with Crippen LogP contribution in [0.1, 0.15) is 32.6 Å². The molecular weight excluding hydrogens is 268 g/mol. The third kappa shape index (κ3) is 4.56. The number of amides is 2. The average Bonchev–Trinajstić information content (AvgIpc) is 2.98. The van der Waals surface area contributed by atoms with Gasteiger partial charge in [0.1, 0.15) is 0 Å². The fraction of sp³-hybridized carbons (Fsp3) is 0.500. The summed E-state index contributed by atoms with van der Waals surface area (Å²) < 4.78 is 5.50. The summed E-state index contributed by atoms with van der Waals surface area (Å²) >= 11 is 0. The predicted molar refractivity (Wildman–Crippen MR) is 82.4 cm³/mol. The number of benzene rings is 1. The number of carbonyl (C=O) groups excluding carboxylic acids is 2. The van der Waals surface area contributed by atoms with Crippen molar-refractivity contribution in [2.75, 3.05) is 23.9 Å². The molecule has 2 rings (SSSR count). The Morgan fingerprint density at radius 3 is 2.62 bits per heavy atom. The maximum Gasteiger partial charge on any atom is 0.224 e. The molecule has 1 aromatic rings. The lowest BCUT2D eigenvalue weighted by Gasteiger charge is -2.15. The topological polar surface area (TPSA) is 58.6 Å². The SMILES string of the molecule is CC(=O)N(C)c1ccc(NC(=O)CCC2CCCO2)cc1. The van der Waals surface area contributed by atoms with Gasteiger partial charge in [0.05, 0.1) is 6.10 Å².